The summed E-state index contributed by atoms with van der Waals surface area (Å²) in [6.07, 6.45) is 0.192. The minimum absolute atomic E-state index is 0.0319. The minimum Gasteiger partial charge on any atom is -0.300 e. The highest BCUT2D eigenvalue weighted by atomic mass is 16.6. The van der Waals surface area contributed by atoms with Crippen molar-refractivity contribution in [3.63, 3.8) is 0 Å². The van der Waals surface area contributed by atoms with E-state index < -0.39 is 11.5 Å². The maximum atomic E-state index is 11.3. The van der Waals surface area contributed by atoms with Gasteiger partial charge in [-0.25, -0.2) is 0 Å². The number of rotatable bonds is 5. The highest BCUT2D eigenvalue weighted by molar-refractivity contribution is 5.76. The Morgan fingerprint density at radius 3 is 2.22 bits per heavy atom. The molecule has 98 valence electrons. The summed E-state index contributed by atoms with van der Waals surface area (Å²) in [6.45, 7) is 6.57. The van der Waals surface area contributed by atoms with E-state index in [-0.39, 0.29) is 17.1 Å². The molecule has 1 aromatic carbocycles. The van der Waals surface area contributed by atoms with E-state index in [1.807, 2.05) is 31.2 Å². The standard InChI is InChI=1S/C14H19NO3/c1-10-5-7-12(8-6-10)13(9-11(2)16)14(3,4)15(17)18/h5-8,13H,9H2,1-4H3/t13-/m0/s1. The fourth-order valence-corrected chi connectivity index (χ4v) is 1.99. The Morgan fingerprint density at radius 2 is 1.83 bits per heavy atom. The van der Waals surface area contributed by atoms with Gasteiger partial charge in [0, 0.05) is 25.2 Å². The number of carbonyl (C=O) groups excluding carboxylic acids is 1. The molecule has 4 nitrogen and oxygen atoms in total. The van der Waals surface area contributed by atoms with Crippen LogP contribution in [0.5, 0.6) is 0 Å². The average molecular weight is 249 g/mol. The largest absolute Gasteiger partial charge is 0.300 e. The zero-order valence-electron chi connectivity index (χ0n) is 11.3. The Labute approximate surface area is 107 Å². The molecule has 18 heavy (non-hydrogen) atoms. The highest BCUT2D eigenvalue weighted by Crippen LogP contribution is 2.33. The molecule has 0 aliphatic carbocycles. The van der Waals surface area contributed by atoms with Crippen LogP contribution in [0.15, 0.2) is 24.3 Å². The lowest BCUT2D eigenvalue weighted by molar-refractivity contribution is -0.565. The summed E-state index contributed by atoms with van der Waals surface area (Å²) in [7, 11) is 0. The maximum absolute atomic E-state index is 11.3. The number of carbonyl (C=O) groups is 1. The maximum Gasteiger partial charge on any atom is 0.223 e. The van der Waals surface area contributed by atoms with Gasteiger partial charge < -0.3 is 4.79 Å². The Morgan fingerprint density at radius 1 is 1.33 bits per heavy atom. The van der Waals surface area contributed by atoms with Crippen LogP contribution >= 0.6 is 0 Å². The van der Waals surface area contributed by atoms with Crippen molar-refractivity contribution < 1.29 is 9.72 Å². The van der Waals surface area contributed by atoms with Gasteiger partial charge >= 0.3 is 0 Å². The third kappa shape index (κ3) is 3.15. The zero-order valence-corrected chi connectivity index (χ0v) is 11.3. The van der Waals surface area contributed by atoms with Crippen molar-refractivity contribution in [2.45, 2.75) is 45.6 Å². The third-order valence-electron chi connectivity index (χ3n) is 3.29. The minimum atomic E-state index is -1.15. The molecule has 0 aromatic heterocycles. The van der Waals surface area contributed by atoms with Crippen LogP contribution in [0.3, 0.4) is 0 Å². The second-order valence-electron chi connectivity index (χ2n) is 5.28. The molecule has 0 heterocycles. The van der Waals surface area contributed by atoms with Crippen molar-refractivity contribution in [1.82, 2.24) is 0 Å². The average Bonchev–Trinajstić information content (AvgIpc) is 2.26. The van der Waals surface area contributed by atoms with E-state index in [0.29, 0.717) is 0 Å². The second-order valence-corrected chi connectivity index (χ2v) is 5.28. The molecule has 0 aliphatic heterocycles. The molecule has 4 heteroatoms. The van der Waals surface area contributed by atoms with Gasteiger partial charge in [-0.1, -0.05) is 29.8 Å². The molecule has 0 aliphatic rings. The summed E-state index contributed by atoms with van der Waals surface area (Å²) in [6, 6.07) is 7.57. The molecule has 0 spiro atoms. The molecule has 0 amide bonds. The number of aryl methyl sites for hydroxylation is 1. The van der Waals surface area contributed by atoms with Gasteiger partial charge in [0.15, 0.2) is 0 Å². The van der Waals surface area contributed by atoms with Crippen LogP contribution in [0.2, 0.25) is 0 Å². The molecule has 1 aromatic rings. The second kappa shape index (κ2) is 5.29. The predicted molar refractivity (Wildman–Crippen MR) is 70.3 cm³/mol. The highest BCUT2D eigenvalue weighted by Gasteiger charge is 2.42. The summed E-state index contributed by atoms with van der Waals surface area (Å²) in [5, 5.41) is 11.2. The first-order chi connectivity index (χ1) is 8.25. The smallest absolute Gasteiger partial charge is 0.223 e. The fraction of sp³-hybridized carbons (Fsp3) is 0.500. The van der Waals surface area contributed by atoms with Crippen LogP contribution in [0, 0.1) is 17.0 Å². The van der Waals surface area contributed by atoms with E-state index in [0.717, 1.165) is 11.1 Å². The Bertz CT molecular complexity index is 449. The first-order valence-electron chi connectivity index (χ1n) is 5.95. The molecule has 0 saturated carbocycles. The van der Waals surface area contributed by atoms with Crippen LogP contribution in [0.25, 0.3) is 0 Å². The number of nitro groups is 1. The van der Waals surface area contributed by atoms with Crippen molar-refractivity contribution >= 4 is 5.78 Å². The van der Waals surface area contributed by atoms with Gasteiger partial charge in [-0.3, -0.25) is 10.1 Å². The van der Waals surface area contributed by atoms with Crippen molar-refractivity contribution in [3.8, 4) is 0 Å². The molecule has 0 saturated heterocycles. The van der Waals surface area contributed by atoms with Gasteiger partial charge in [0.05, 0.1) is 5.92 Å². The monoisotopic (exact) mass is 249 g/mol. The summed E-state index contributed by atoms with van der Waals surface area (Å²) in [5.74, 6) is -0.430. The molecular formula is C14H19NO3. The number of Topliss-reactive ketones (excluding diaryl/α,β-unsaturated/α-hetero) is 1. The van der Waals surface area contributed by atoms with E-state index in [9.17, 15) is 14.9 Å². The van der Waals surface area contributed by atoms with Crippen molar-refractivity contribution in [3.05, 3.63) is 45.5 Å². The zero-order chi connectivity index (χ0) is 13.9. The molecule has 0 radical (unpaired) electrons. The van der Waals surface area contributed by atoms with E-state index in [1.54, 1.807) is 13.8 Å². The summed E-state index contributed by atoms with van der Waals surface area (Å²) < 4.78 is 0. The van der Waals surface area contributed by atoms with Gasteiger partial charge in [0.25, 0.3) is 0 Å². The van der Waals surface area contributed by atoms with E-state index in [2.05, 4.69) is 0 Å². The molecule has 1 rings (SSSR count). The van der Waals surface area contributed by atoms with Crippen molar-refractivity contribution in [2.24, 2.45) is 0 Å². The normalized spacial score (nSPS) is 13.1. The van der Waals surface area contributed by atoms with Gasteiger partial charge in [-0.2, -0.15) is 0 Å². The van der Waals surface area contributed by atoms with E-state index >= 15 is 0 Å². The topological polar surface area (TPSA) is 60.2 Å². The van der Waals surface area contributed by atoms with Gasteiger partial charge in [-0.15, -0.1) is 0 Å². The number of ketones is 1. The SMILES string of the molecule is CC(=O)C[C@@H](c1ccc(C)cc1)C(C)(C)[N+](=O)[O-]. The lowest BCUT2D eigenvalue weighted by atomic mass is 9.79. The quantitative estimate of drug-likeness (QED) is 0.595. The van der Waals surface area contributed by atoms with Crippen LogP contribution in [0.1, 0.15) is 44.2 Å². The van der Waals surface area contributed by atoms with Crippen LogP contribution in [-0.4, -0.2) is 16.2 Å². The molecule has 0 N–H and O–H groups in total. The predicted octanol–water partition coefficient (Wildman–Crippen LogP) is 3.11. The molecular weight excluding hydrogens is 230 g/mol. The van der Waals surface area contributed by atoms with E-state index in [4.69, 9.17) is 0 Å². The Hall–Kier alpha value is -1.71. The first-order valence-corrected chi connectivity index (χ1v) is 5.95. The Balaban J connectivity index is 3.17. The fourth-order valence-electron chi connectivity index (χ4n) is 1.99. The first kappa shape index (κ1) is 14.4. The van der Waals surface area contributed by atoms with Gasteiger partial charge in [0.2, 0.25) is 5.54 Å². The number of hydrogen-bond donors (Lipinski definition) is 0. The van der Waals surface area contributed by atoms with Crippen LogP contribution in [-0.2, 0) is 4.79 Å². The van der Waals surface area contributed by atoms with Crippen molar-refractivity contribution in [1.29, 1.82) is 0 Å². The van der Waals surface area contributed by atoms with Gasteiger partial charge in [-0.05, 0) is 19.4 Å². The molecule has 1 atom stereocenters. The van der Waals surface area contributed by atoms with Crippen LogP contribution in [0.4, 0.5) is 0 Å². The number of hydrogen-bond acceptors (Lipinski definition) is 3. The molecule has 0 bridgehead atoms. The third-order valence-corrected chi connectivity index (χ3v) is 3.29. The molecule has 0 fully saturated rings. The lowest BCUT2D eigenvalue weighted by Gasteiger charge is -2.26. The van der Waals surface area contributed by atoms with Gasteiger partial charge in [0.1, 0.15) is 5.78 Å². The van der Waals surface area contributed by atoms with Crippen molar-refractivity contribution in [2.75, 3.05) is 0 Å². The summed E-state index contributed by atoms with van der Waals surface area (Å²) >= 11 is 0. The number of nitrogens with zero attached hydrogens (tertiary/aromatic N) is 1. The summed E-state index contributed by atoms with van der Waals surface area (Å²) in [4.78, 5) is 22.2. The lowest BCUT2D eigenvalue weighted by Crippen LogP contribution is -2.39. The van der Waals surface area contributed by atoms with E-state index in [1.165, 1.54) is 6.92 Å². The van der Waals surface area contributed by atoms with Crippen LogP contribution < -0.4 is 0 Å². The molecule has 0 unspecified atom stereocenters. The summed E-state index contributed by atoms with van der Waals surface area (Å²) in [5.41, 5.74) is 0.790. The Kier molecular flexibility index (Phi) is 4.22. The number of benzene rings is 1.